The Morgan fingerprint density at radius 2 is 1.90 bits per heavy atom. The van der Waals surface area contributed by atoms with Crippen LogP contribution in [0.15, 0.2) is 11.6 Å². The van der Waals surface area contributed by atoms with Gasteiger partial charge in [-0.3, -0.25) is 4.79 Å². The topological polar surface area (TPSA) is 102 Å². The molecular formula is C33H50O7. The fourth-order valence-corrected chi connectivity index (χ4v) is 10.6. The third-order valence-corrected chi connectivity index (χ3v) is 12.9. The zero-order chi connectivity index (χ0) is 28.7. The maximum atomic E-state index is 12.3. The van der Waals surface area contributed by atoms with Gasteiger partial charge in [-0.2, -0.15) is 0 Å². The smallest absolute Gasteiger partial charge is 0.338 e. The van der Waals surface area contributed by atoms with Gasteiger partial charge in [0.25, 0.3) is 0 Å². The van der Waals surface area contributed by atoms with Crippen molar-refractivity contribution < 1.29 is 34.0 Å². The van der Waals surface area contributed by atoms with Crippen molar-refractivity contribution in [3.8, 4) is 0 Å². The van der Waals surface area contributed by atoms with Gasteiger partial charge in [0.05, 0.1) is 25.7 Å². The Labute approximate surface area is 239 Å². The molecule has 1 spiro atoms. The second-order valence-corrected chi connectivity index (χ2v) is 15.3. The number of carboxylic acids is 1. The van der Waals surface area contributed by atoms with Crippen LogP contribution in [0.5, 0.6) is 0 Å². The first-order valence-electron chi connectivity index (χ1n) is 15.9. The van der Waals surface area contributed by atoms with E-state index in [1.165, 1.54) is 45.4 Å². The summed E-state index contributed by atoms with van der Waals surface area (Å²) in [4.78, 5) is 23.2. The molecule has 7 nitrogen and oxygen atoms in total. The van der Waals surface area contributed by atoms with Gasteiger partial charge < -0.3 is 24.4 Å². The number of carboxylic acid groups (broad SMARTS) is 1. The molecule has 2 heterocycles. The van der Waals surface area contributed by atoms with Gasteiger partial charge in [0.15, 0.2) is 11.4 Å². The maximum absolute atomic E-state index is 12.3. The monoisotopic (exact) mass is 558 g/mol. The third-order valence-electron chi connectivity index (χ3n) is 12.9. The predicted molar refractivity (Wildman–Crippen MR) is 149 cm³/mol. The molecule has 5 fully saturated rings. The van der Waals surface area contributed by atoms with Crippen LogP contribution in [0.1, 0.15) is 98.8 Å². The lowest BCUT2D eigenvalue weighted by atomic mass is 9.46. The zero-order valence-corrected chi connectivity index (χ0v) is 25.1. The maximum Gasteiger partial charge on any atom is 0.338 e. The summed E-state index contributed by atoms with van der Waals surface area (Å²) in [6, 6.07) is 0. The molecule has 4 aliphatic carbocycles. The number of allylic oxidation sites excluding steroid dienone is 2. The molecule has 0 amide bonds. The van der Waals surface area contributed by atoms with Gasteiger partial charge in [0.1, 0.15) is 0 Å². The van der Waals surface area contributed by atoms with Crippen LogP contribution >= 0.6 is 0 Å². The number of aliphatic carboxylic acids is 1. The molecule has 0 bridgehead atoms. The van der Waals surface area contributed by atoms with Crippen molar-refractivity contribution in [1.29, 1.82) is 0 Å². The molecule has 40 heavy (non-hydrogen) atoms. The average Bonchev–Trinajstić information content (AvgIpc) is 3.33. The summed E-state index contributed by atoms with van der Waals surface area (Å²) in [5.41, 5.74) is 0.411. The Morgan fingerprint density at radius 1 is 1.12 bits per heavy atom. The summed E-state index contributed by atoms with van der Waals surface area (Å²) in [5.74, 6) is 1.23. The minimum Gasteiger partial charge on any atom is -0.481 e. The Hall–Kier alpha value is -1.44. The highest BCUT2D eigenvalue weighted by Crippen LogP contribution is 2.70. The van der Waals surface area contributed by atoms with E-state index in [0.29, 0.717) is 29.8 Å². The Balaban J connectivity index is 1.09. The molecule has 7 heteroatoms. The van der Waals surface area contributed by atoms with E-state index in [1.807, 2.05) is 0 Å². The van der Waals surface area contributed by atoms with E-state index in [-0.39, 0.29) is 24.0 Å². The number of aliphatic hydroxyl groups is 1. The van der Waals surface area contributed by atoms with Crippen molar-refractivity contribution in [3.05, 3.63) is 11.6 Å². The SMILES string of the molecule is CC1CC[C@@]2(C)C(=CCC3C4CC5OC6(CCC(COC(=O)[C@](C)(O)CC(=O)O)CO6)[C@@H](C)C5[C@@]4(C)CCC32)C1. The van der Waals surface area contributed by atoms with Gasteiger partial charge in [0, 0.05) is 18.3 Å². The van der Waals surface area contributed by atoms with Gasteiger partial charge >= 0.3 is 11.9 Å². The number of ether oxygens (including phenoxy) is 3. The van der Waals surface area contributed by atoms with E-state index in [2.05, 4.69) is 33.8 Å². The van der Waals surface area contributed by atoms with Crippen LogP contribution in [0, 0.1) is 52.3 Å². The van der Waals surface area contributed by atoms with Gasteiger partial charge in [-0.05, 0) is 98.7 Å². The fourth-order valence-electron chi connectivity index (χ4n) is 10.6. The van der Waals surface area contributed by atoms with Crippen LogP contribution in [-0.2, 0) is 23.8 Å². The summed E-state index contributed by atoms with van der Waals surface area (Å²) in [6.07, 6.45) is 12.8. The van der Waals surface area contributed by atoms with E-state index in [1.54, 1.807) is 5.57 Å². The highest BCUT2D eigenvalue weighted by atomic mass is 16.7. The quantitative estimate of drug-likeness (QED) is 0.328. The first-order valence-corrected chi connectivity index (χ1v) is 15.9. The summed E-state index contributed by atoms with van der Waals surface area (Å²) in [5, 5.41) is 19.1. The minimum absolute atomic E-state index is 0.00685. The van der Waals surface area contributed by atoms with Crippen LogP contribution in [0.25, 0.3) is 0 Å². The summed E-state index contributed by atoms with van der Waals surface area (Å²) in [6.45, 7) is 11.7. The van der Waals surface area contributed by atoms with Crippen LogP contribution in [0.2, 0.25) is 0 Å². The molecule has 224 valence electrons. The Kier molecular flexibility index (Phi) is 7.03. The Bertz CT molecular complexity index is 1060. The predicted octanol–water partition coefficient (Wildman–Crippen LogP) is 5.74. The minimum atomic E-state index is -2.03. The molecule has 3 saturated carbocycles. The van der Waals surface area contributed by atoms with Crippen LogP contribution < -0.4 is 0 Å². The van der Waals surface area contributed by atoms with Gasteiger partial charge in [-0.15, -0.1) is 0 Å². The number of carbonyl (C=O) groups is 2. The van der Waals surface area contributed by atoms with Gasteiger partial charge in [0.2, 0.25) is 0 Å². The van der Waals surface area contributed by atoms with Crippen molar-refractivity contribution in [2.45, 2.75) is 116 Å². The molecule has 2 saturated heterocycles. The molecule has 0 aromatic rings. The number of esters is 1. The average molecular weight is 559 g/mol. The van der Waals surface area contributed by atoms with E-state index < -0.39 is 29.7 Å². The molecular weight excluding hydrogens is 508 g/mol. The van der Waals surface area contributed by atoms with E-state index in [9.17, 15) is 14.7 Å². The molecule has 0 aromatic heterocycles. The number of carbonyl (C=O) groups excluding carboxylic acids is 1. The van der Waals surface area contributed by atoms with E-state index >= 15 is 0 Å². The molecule has 0 aromatic carbocycles. The second-order valence-electron chi connectivity index (χ2n) is 15.3. The van der Waals surface area contributed by atoms with E-state index in [4.69, 9.17) is 19.3 Å². The first kappa shape index (κ1) is 28.7. The normalized spacial score (nSPS) is 49.2. The van der Waals surface area contributed by atoms with Gasteiger partial charge in [-0.1, -0.05) is 39.3 Å². The Morgan fingerprint density at radius 3 is 2.60 bits per heavy atom. The van der Waals surface area contributed by atoms with Crippen molar-refractivity contribution in [2.24, 2.45) is 52.3 Å². The molecule has 8 unspecified atom stereocenters. The molecule has 2 N–H and O–H groups in total. The highest BCUT2D eigenvalue weighted by Gasteiger charge is 2.68. The van der Waals surface area contributed by atoms with Crippen LogP contribution in [0.4, 0.5) is 0 Å². The van der Waals surface area contributed by atoms with Crippen molar-refractivity contribution in [3.63, 3.8) is 0 Å². The first-order chi connectivity index (χ1) is 18.8. The van der Waals surface area contributed by atoms with Gasteiger partial charge in [-0.25, -0.2) is 4.79 Å². The summed E-state index contributed by atoms with van der Waals surface area (Å²) < 4.78 is 18.8. The van der Waals surface area contributed by atoms with Crippen molar-refractivity contribution >= 4 is 11.9 Å². The molecule has 12 atom stereocenters. The van der Waals surface area contributed by atoms with Crippen LogP contribution in [0.3, 0.4) is 0 Å². The number of hydrogen-bond acceptors (Lipinski definition) is 6. The summed E-state index contributed by atoms with van der Waals surface area (Å²) >= 11 is 0. The van der Waals surface area contributed by atoms with Crippen molar-refractivity contribution in [1.82, 2.24) is 0 Å². The zero-order valence-electron chi connectivity index (χ0n) is 25.1. The fraction of sp³-hybridized carbons (Fsp3) is 0.879. The lowest BCUT2D eigenvalue weighted by Crippen LogP contribution is -2.52. The lowest BCUT2D eigenvalue weighted by Gasteiger charge is -2.58. The molecule has 6 rings (SSSR count). The lowest BCUT2D eigenvalue weighted by molar-refractivity contribution is -0.276. The third kappa shape index (κ3) is 4.40. The number of fused-ring (bicyclic) bond motifs is 7. The molecule has 2 aliphatic heterocycles. The number of rotatable bonds is 5. The molecule has 0 radical (unpaired) electrons. The summed E-state index contributed by atoms with van der Waals surface area (Å²) in [7, 11) is 0. The second kappa shape index (κ2) is 9.80. The largest absolute Gasteiger partial charge is 0.481 e. The van der Waals surface area contributed by atoms with E-state index in [0.717, 1.165) is 37.0 Å². The molecule has 6 aliphatic rings. The van der Waals surface area contributed by atoms with Crippen LogP contribution in [-0.4, -0.2) is 52.9 Å². The standard InChI is InChI=1S/C33H50O7/c1-19-8-11-30(3)22(14-19)6-7-23-24(30)10-12-31(4)25(23)15-26-28(31)20(2)33(40-26)13-9-21(18-39-33)17-38-29(36)32(5,37)16-27(34)35/h6,19-21,23-26,28,37H,7-18H2,1-5H3,(H,34,35)/t19?,20-,21?,23?,24?,25?,26?,28?,30-,31-,32+,33?/m0/s1. The number of hydrogen-bond donors (Lipinski definition) is 2. The highest BCUT2D eigenvalue weighted by molar-refractivity contribution is 5.84. The van der Waals surface area contributed by atoms with Crippen molar-refractivity contribution in [2.75, 3.05) is 13.2 Å².